The molecule has 0 aliphatic carbocycles. The van der Waals surface area contributed by atoms with Gasteiger partial charge in [-0.3, -0.25) is 0 Å². The molecular formula is C10H22NO3P. The molecule has 0 radical (unpaired) electrons. The van der Waals surface area contributed by atoms with E-state index in [2.05, 4.69) is 31.9 Å². The van der Waals surface area contributed by atoms with Crippen molar-refractivity contribution in [2.75, 3.05) is 33.3 Å². The summed E-state index contributed by atoms with van der Waals surface area (Å²) < 4.78 is 16.6. The van der Waals surface area contributed by atoms with Crippen LogP contribution in [0.2, 0.25) is 0 Å². The molecule has 0 aromatic rings. The van der Waals surface area contributed by atoms with Crippen LogP contribution in [-0.2, 0) is 9.09 Å². The number of quaternary nitrogens is 1. The van der Waals surface area contributed by atoms with Gasteiger partial charge in [-0.15, -0.1) is 0 Å². The van der Waals surface area contributed by atoms with Crippen LogP contribution in [0, 0.1) is 0 Å². The average Bonchev–Trinajstić information content (AvgIpc) is 2.25. The zero-order chi connectivity index (χ0) is 12.1. The second-order valence-corrected chi connectivity index (χ2v) is 5.69. The van der Waals surface area contributed by atoms with Crippen molar-refractivity contribution in [1.82, 2.24) is 0 Å². The van der Waals surface area contributed by atoms with Crippen molar-refractivity contribution in [1.29, 1.82) is 0 Å². The fraction of sp³-hybridized carbons (Fsp3) is 0.800. The van der Waals surface area contributed by atoms with Crippen LogP contribution in [0.3, 0.4) is 0 Å². The van der Waals surface area contributed by atoms with Gasteiger partial charge >= 0.3 is 0 Å². The molecule has 0 heterocycles. The SMILES string of the molecule is C=C(C[N+](CC)(CC)CC)P(=O)([O-])OC. The maximum Gasteiger partial charge on any atom is 0.165 e. The number of hydrogen-bond acceptors (Lipinski definition) is 3. The van der Waals surface area contributed by atoms with Gasteiger partial charge in [-0.2, -0.15) is 0 Å². The van der Waals surface area contributed by atoms with Crippen LogP contribution in [0.1, 0.15) is 20.8 Å². The van der Waals surface area contributed by atoms with Crippen molar-refractivity contribution >= 4 is 7.60 Å². The number of likely N-dealkylation sites (N-methyl/N-ethyl adjacent to an activating group) is 1. The summed E-state index contributed by atoms with van der Waals surface area (Å²) in [6, 6.07) is 0. The van der Waals surface area contributed by atoms with Crippen molar-refractivity contribution < 1.29 is 18.5 Å². The first-order chi connectivity index (χ1) is 6.87. The number of rotatable bonds is 7. The van der Waals surface area contributed by atoms with Crippen LogP contribution in [0.5, 0.6) is 0 Å². The first-order valence-corrected chi connectivity index (χ1v) is 6.82. The molecule has 1 unspecified atom stereocenters. The Labute approximate surface area is 92.7 Å². The van der Waals surface area contributed by atoms with Gasteiger partial charge in [0.2, 0.25) is 0 Å². The monoisotopic (exact) mass is 235 g/mol. The average molecular weight is 235 g/mol. The van der Waals surface area contributed by atoms with Gasteiger partial charge < -0.3 is 18.5 Å². The van der Waals surface area contributed by atoms with Crippen LogP contribution < -0.4 is 4.89 Å². The molecule has 15 heavy (non-hydrogen) atoms. The minimum absolute atomic E-state index is 0.190. The van der Waals surface area contributed by atoms with E-state index in [1.165, 1.54) is 7.11 Å². The predicted octanol–water partition coefficient (Wildman–Crippen LogP) is 1.58. The highest BCUT2D eigenvalue weighted by Crippen LogP contribution is 2.45. The lowest BCUT2D eigenvalue weighted by Crippen LogP contribution is -2.48. The van der Waals surface area contributed by atoms with Gasteiger partial charge in [0.05, 0.1) is 19.6 Å². The first kappa shape index (κ1) is 14.8. The van der Waals surface area contributed by atoms with E-state index >= 15 is 0 Å². The van der Waals surface area contributed by atoms with E-state index < -0.39 is 7.60 Å². The van der Waals surface area contributed by atoms with Gasteiger partial charge in [-0.1, -0.05) is 6.58 Å². The van der Waals surface area contributed by atoms with Crippen molar-refractivity contribution in [3.63, 3.8) is 0 Å². The molecule has 4 nitrogen and oxygen atoms in total. The van der Waals surface area contributed by atoms with E-state index in [9.17, 15) is 9.46 Å². The van der Waals surface area contributed by atoms with Crippen molar-refractivity contribution in [2.45, 2.75) is 20.8 Å². The van der Waals surface area contributed by atoms with E-state index in [0.717, 1.165) is 24.1 Å². The highest BCUT2D eigenvalue weighted by Gasteiger charge is 2.26. The molecule has 1 atom stereocenters. The Morgan fingerprint density at radius 2 is 1.73 bits per heavy atom. The molecule has 0 amide bonds. The molecule has 0 fully saturated rings. The maximum atomic E-state index is 11.4. The van der Waals surface area contributed by atoms with E-state index in [-0.39, 0.29) is 5.31 Å². The second kappa shape index (κ2) is 5.80. The minimum atomic E-state index is -3.86. The smallest absolute Gasteiger partial charge is 0.165 e. The van der Waals surface area contributed by atoms with Gasteiger partial charge in [0, 0.05) is 12.4 Å². The predicted molar refractivity (Wildman–Crippen MR) is 60.5 cm³/mol. The fourth-order valence-corrected chi connectivity index (χ4v) is 2.34. The van der Waals surface area contributed by atoms with Crippen LogP contribution in [0.15, 0.2) is 11.9 Å². The van der Waals surface area contributed by atoms with E-state index in [4.69, 9.17) is 0 Å². The zero-order valence-corrected chi connectivity index (χ0v) is 11.0. The Balaban J connectivity index is 4.70. The molecule has 5 heteroatoms. The van der Waals surface area contributed by atoms with Crippen LogP contribution in [-0.4, -0.2) is 37.8 Å². The summed E-state index contributed by atoms with van der Waals surface area (Å²) in [6.07, 6.45) is 0. The Kier molecular flexibility index (Phi) is 5.75. The highest BCUT2D eigenvalue weighted by molar-refractivity contribution is 7.56. The normalized spacial score (nSPS) is 16.1. The summed E-state index contributed by atoms with van der Waals surface area (Å²) in [5.41, 5.74) is 0. The topological polar surface area (TPSA) is 49.4 Å². The third kappa shape index (κ3) is 3.72. The second-order valence-electron chi connectivity index (χ2n) is 3.69. The molecule has 0 aliphatic rings. The molecule has 0 aliphatic heterocycles. The summed E-state index contributed by atoms with van der Waals surface area (Å²) in [5, 5.41) is 0.190. The van der Waals surface area contributed by atoms with Gasteiger partial charge in [0.25, 0.3) is 0 Å². The molecule has 0 bridgehead atoms. The first-order valence-electron chi connectivity index (χ1n) is 5.27. The quantitative estimate of drug-likeness (QED) is 0.497. The molecular weight excluding hydrogens is 213 g/mol. The number of nitrogens with zero attached hydrogens (tertiary/aromatic N) is 1. The van der Waals surface area contributed by atoms with E-state index in [1.54, 1.807) is 0 Å². The molecule has 0 rings (SSSR count). The van der Waals surface area contributed by atoms with Crippen molar-refractivity contribution in [3.05, 3.63) is 11.9 Å². The molecule has 0 aromatic carbocycles. The zero-order valence-electron chi connectivity index (χ0n) is 10.2. The lowest BCUT2D eigenvalue weighted by atomic mass is 10.3. The summed E-state index contributed by atoms with van der Waals surface area (Å²) in [5.74, 6) is 0. The van der Waals surface area contributed by atoms with Gasteiger partial charge in [-0.25, -0.2) is 0 Å². The minimum Gasteiger partial charge on any atom is -0.775 e. The summed E-state index contributed by atoms with van der Waals surface area (Å²) >= 11 is 0. The van der Waals surface area contributed by atoms with E-state index in [0.29, 0.717) is 6.54 Å². The molecule has 0 saturated heterocycles. The Morgan fingerprint density at radius 3 is 2.00 bits per heavy atom. The van der Waals surface area contributed by atoms with Crippen LogP contribution >= 0.6 is 7.60 Å². The largest absolute Gasteiger partial charge is 0.775 e. The summed E-state index contributed by atoms with van der Waals surface area (Å²) in [6.45, 7) is 12.9. The Bertz CT molecular complexity index is 253. The fourth-order valence-electron chi connectivity index (χ4n) is 1.61. The maximum absolute atomic E-state index is 11.4. The third-order valence-electron chi connectivity index (χ3n) is 3.16. The molecule has 0 N–H and O–H groups in total. The molecule has 90 valence electrons. The van der Waals surface area contributed by atoms with Gasteiger partial charge in [0.1, 0.15) is 6.54 Å². The molecule has 0 spiro atoms. The number of hydrogen-bond donors (Lipinski definition) is 0. The van der Waals surface area contributed by atoms with Crippen LogP contribution in [0.25, 0.3) is 0 Å². The standard InChI is InChI=1S/C10H22NO3P/c1-6-11(7-2,8-3)9-10(4)15(12,13)14-5/h4,6-9H2,1-3,5H3. The van der Waals surface area contributed by atoms with Gasteiger partial charge in [-0.05, 0) is 20.8 Å². The third-order valence-corrected chi connectivity index (χ3v) is 4.55. The lowest BCUT2D eigenvalue weighted by Gasteiger charge is -2.38. The highest BCUT2D eigenvalue weighted by atomic mass is 31.2. The Hall–Kier alpha value is -0.150. The molecule has 0 saturated carbocycles. The van der Waals surface area contributed by atoms with E-state index in [1.807, 2.05) is 0 Å². The lowest BCUT2D eigenvalue weighted by molar-refractivity contribution is -0.918. The van der Waals surface area contributed by atoms with Crippen LogP contribution in [0.4, 0.5) is 0 Å². The van der Waals surface area contributed by atoms with Crippen molar-refractivity contribution in [2.24, 2.45) is 0 Å². The summed E-state index contributed by atoms with van der Waals surface area (Å²) in [4.78, 5) is 11.4. The van der Waals surface area contributed by atoms with Crippen molar-refractivity contribution in [3.8, 4) is 0 Å². The Morgan fingerprint density at radius 1 is 1.33 bits per heavy atom. The van der Waals surface area contributed by atoms with Gasteiger partial charge in [0.15, 0.2) is 7.60 Å². The summed E-state index contributed by atoms with van der Waals surface area (Å²) in [7, 11) is -2.68. The molecule has 0 aromatic heterocycles.